The molecule has 226 valence electrons. The van der Waals surface area contributed by atoms with Gasteiger partial charge in [-0.2, -0.15) is 0 Å². The quantitative estimate of drug-likeness (QED) is 0.185. The van der Waals surface area contributed by atoms with Gasteiger partial charge in [-0.05, 0) is 54.5 Å². The van der Waals surface area contributed by atoms with Gasteiger partial charge in [0.15, 0.2) is 0 Å². The first kappa shape index (κ1) is 32.8. The lowest BCUT2D eigenvalue weighted by Gasteiger charge is -2.30. The zero-order valence-corrected chi connectivity index (χ0v) is 25.1. The Balaban J connectivity index is 1.71. The summed E-state index contributed by atoms with van der Waals surface area (Å²) in [5.41, 5.74) is 9.09. The van der Waals surface area contributed by atoms with Crippen LogP contribution < -0.4 is 15.8 Å². The molecule has 0 radical (unpaired) electrons. The summed E-state index contributed by atoms with van der Waals surface area (Å²) in [4.78, 5) is 27.7. The van der Waals surface area contributed by atoms with Gasteiger partial charge in [-0.1, -0.05) is 86.6 Å². The molecule has 7 heteroatoms. The van der Waals surface area contributed by atoms with Crippen molar-refractivity contribution in [3.63, 3.8) is 0 Å². The first-order valence-electron chi connectivity index (χ1n) is 15.2. The van der Waals surface area contributed by atoms with Gasteiger partial charge >= 0.3 is 0 Å². The number of carbonyl (C=O) groups excluding carboxylic acids is 2. The topological polar surface area (TPSA) is 105 Å². The van der Waals surface area contributed by atoms with E-state index >= 15 is 0 Å². The van der Waals surface area contributed by atoms with Crippen LogP contribution in [0, 0.1) is 11.8 Å². The highest BCUT2D eigenvalue weighted by atomic mass is 16.5. The second kappa shape index (κ2) is 18.0. The average Bonchev–Trinajstić information content (AvgIpc) is 3.00. The van der Waals surface area contributed by atoms with E-state index in [0.717, 1.165) is 35.3 Å². The molecule has 0 aliphatic heterocycles. The van der Waals surface area contributed by atoms with E-state index in [2.05, 4.69) is 19.2 Å². The third-order valence-electron chi connectivity index (χ3n) is 7.55. The molecule has 0 aromatic heterocycles. The Morgan fingerprint density at radius 2 is 1.45 bits per heavy atom. The maximum Gasteiger partial charge on any atom is 0.222 e. The summed E-state index contributed by atoms with van der Waals surface area (Å²) >= 11 is 0. The fourth-order valence-corrected chi connectivity index (χ4v) is 5.30. The highest BCUT2D eigenvalue weighted by molar-refractivity contribution is 5.80. The third kappa shape index (κ3) is 11.0. The number of benzene rings is 3. The Hall–Kier alpha value is -3.68. The largest absolute Gasteiger partial charge is 0.489 e. The number of carbonyl (C=O) groups is 2. The fourth-order valence-electron chi connectivity index (χ4n) is 5.30. The van der Waals surface area contributed by atoms with E-state index in [1.54, 1.807) is 0 Å². The van der Waals surface area contributed by atoms with Crippen LogP contribution in [0.4, 0.5) is 0 Å². The van der Waals surface area contributed by atoms with Gasteiger partial charge in [0.2, 0.25) is 11.8 Å². The van der Waals surface area contributed by atoms with Crippen molar-refractivity contribution >= 4 is 11.8 Å². The minimum atomic E-state index is -0.835. The number of aliphatic hydroxyl groups is 1. The summed E-state index contributed by atoms with van der Waals surface area (Å²) in [6.45, 7) is 6.86. The van der Waals surface area contributed by atoms with Crippen molar-refractivity contribution in [3.8, 4) is 5.75 Å². The standard InChI is InChI=1S/C35H47N3O4/c1-3-21-38(22-4-2)34(40)20-19-31(35(36)41)32(33(39)25-37-24-28-11-7-5-8-12-28)23-27-15-17-30(18-16-27)42-26-29-13-9-6-10-14-29/h5-18,31-33,37,39H,3-4,19-26H2,1-2H3,(H2,36,41)/t31?,32-,33-/m0/s1. The number of amides is 2. The molecule has 0 aliphatic carbocycles. The van der Waals surface area contributed by atoms with E-state index in [0.29, 0.717) is 45.6 Å². The zero-order valence-electron chi connectivity index (χ0n) is 25.1. The summed E-state index contributed by atoms with van der Waals surface area (Å²) in [7, 11) is 0. The lowest BCUT2D eigenvalue weighted by Crippen LogP contribution is -2.43. The molecule has 0 spiro atoms. The van der Waals surface area contributed by atoms with Gasteiger partial charge in [-0.25, -0.2) is 0 Å². The van der Waals surface area contributed by atoms with Crippen LogP contribution in [-0.4, -0.2) is 47.6 Å². The Bertz CT molecular complexity index is 1180. The molecule has 7 nitrogen and oxygen atoms in total. The van der Waals surface area contributed by atoms with E-state index in [1.807, 2.05) is 89.8 Å². The second-order valence-electron chi connectivity index (χ2n) is 10.9. The monoisotopic (exact) mass is 573 g/mol. The number of aliphatic hydroxyl groups excluding tert-OH is 1. The second-order valence-corrected chi connectivity index (χ2v) is 10.9. The number of rotatable bonds is 19. The number of nitrogens with one attached hydrogen (secondary N) is 1. The lowest BCUT2D eigenvalue weighted by atomic mass is 9.79. The van der Waals surface area contributed by atoms with Crippen LogP contribution >= 0.6 is 0 Å². The smallest absolute Gasteiger partial charge is 0.222 e. The van der Waals surface area contributed by atoms with Crippen molar-refractivity contribution < 1.29 is 19.4 Å². The van der Waals surface area contributed by atoms with Crippen molar-refractivity contribution in [2.24, 2.45) is 17.6 Å². The van der Waals surface area contributed by atoms with Crippen LogP contribution in [0.2, 0.25) is 0 Å². The molecule has 0 saturated carbocycles. The van der Waals surface area contributed by atoms with E-state index in [-0.39, 0.29) is 12.3 Å². The molecule has 0 heterocycles. The van der Waals surface area contributed by atoms with Gasteiger partial charge in [0.05, 0.1) is 6.10 Å². The molecule has 2 amide bonds. The first-order chi connectivity index (χ1) is 20.4. The van der Waals surface area contributed by atoms with Gasteiger partial charge in [-0.3, -0.25) is 9.59 Å². The van der Waals surface area contributed by atoms with E-state index in [9.17, 15) is 14.7 Å². The highest BCUT2D eigenvalue weighted by Gasteiger charge is 2.33. The number of hydrogen-bond donors (Lipinski definition) is 3. The molecule has 0 fully saturated rings. The minimum Gasteiger partial charge on any atom is -0.489 e. The van der Waals surface area contributed by atoms with Crippen LogP contribution in [-0.2, 0) is 29.2 Å². The van der Waals surface area contributed by atoms with Gasteiger partial charge < -0.3 is 25.8 Å². The average molecular weight is 574 g/mol. The SMILES string of the molecule is CCCN(CCC)C(=O)CCC(C(N)=O)[C@H](Cc1ccc(OCc2ccccc2)cc1)[C@@H](O)CNCc1ccccc1. The number of ether oxygens (including phenoxy) is 1. The van der Waals surface area contributed by atoms with Crippen LogP contribution in [0.3, 0.4) is 0 Å². The summed E-state index contributed by atoms with van der Waals surface area (Å²) in [5.74, 6) is -0.828. The van der Waals surface area contributed by atoms with Gasteiger partial charge in [0, 0.05) is 44.4 Å². The molecule has 4 N–H and O–H groups in total. The van der Waals surface area contributed by atoms with Crippen molar-refractivity contribution in [3.05, 3.63) is 102 Å². The van der Waals surface area contributed by atoms with Crippen molar-refractivity contribution in [1.82, 2.24) is 10.2 Å². The molecule has 0 bridgehead atoms. The molecule has 0 aliphatic rings. The maximum atomic E-state index is 13.0. The maximum absolute atomic E-state index is 13.0. The van der Waals surface area contributed by atoms with Crippen LogP contribution in [0.25, 0.3) is 0 Å². The molecule has 3 aromatic rings. The van der Waals surface area contributed by atoms with Crippen molar-refractivity contribution in [2.45, 2.75) is 65.2 Å². The molecule has 42 heavy (non-hydrogen) atoms. The van der Waals surface area contributed by atoms with Crippen LogP contribution in [0.15, 0.2) is 84.9 Å². The molecule has 0 saturated heterocycles. The molecule has 3 aromatic carbocycles. The molecular formula is C35H47N3O4. The predicted molar refractivity (Wildman–Crippen MR) is 168 cm³/mol. The summed E-state index contributed by atoms with van der Waals surface area (Å²) < 4.78 is 5.93. The third-order valence-corrected chi connectivity index (χ3v) is 7.55. The number of nitrogens with zero attached hydrogens (tertiary/aromatic N) is 1. The number of primary amides is 1. The van der Waals surface area contributed by atoms with E-state index in [1.165, 1.54) is 0 Å². The minimum absolute atomic E-state index is 0.0281. The number of hydrogen-bond acceptors (Lipinski definition) is 5. The van der Waals surface area contributed by atoms with Gasteiger partial charge in [0.25, 0.3) is 0 Å². The Morgan fingerprint density at radius 1 is 0.857 bits per heavy atom. The molecular weight excluding hydrogens is 526 g/mol. The first-order valence-corrected chi connectivity index (χ1v) is 15.2. The number of nitrogens with two attached hydrogens (primary N) is 1. The normalized spacial score (nSPS) is 13.2. The van der Waals surface area contributed by atoms with Crippen molar-refractivity contribution in [2.75, 3.05) is 19.6 Å². The molecule has 3 atom stereocenters. The van der Waals surface area contributed by atoms with Crippen molar-refractivity contribution in [1.29, 1.82) is 0 Å². The Kier molecular flexibility index (Phi) is 14.1. The Morgan fingerprint density at radius 3 is 2.02 bits per heavy atom. The van der Waals surface area contributed by atoms with Gasteiger partial charge in [0.1, 0.15) is 12.4 Å². The summed E-state index contributed by atoms with van der Waals surface area (Å²) in [6.07, 6.45) is 1.90. The van der Waals surface area contributed by atoms with E-state index in [4.69, 9.17) is 10.5 Å². The molecule has 3 rings (SSSR count). The fraction of sp³-hybridized carbons (Fsp3) is 0.429. The van der Waals surface area contributed by atoms with Crippen LogP contribution in [0.1, 0.15) is 56.2 Å². The van der Waals surface area contributed by atoms with E-state index < -0.39 is 23.8 Å². The lowest BCUT2D eigenvalue weighted by molar-refractivity contribution is -0.132. The molecule has 1 unspecified atom stereocenters. The predicted octanol–water partition coefficient (Wildman–Crippen LogP) is 5.11. The Labute approximate surface area is 251 Å². The summed E-state index contributed by atoms with van der Waals surface area (Å²) in [5, 5.41) is 14.7. The highest BCUT2D eigenvalue weighted by Crippen LogP contribution is 2.27. The zero-order chi connectivity index (χ0) is 30.2. The summed E-state index contributed by atoms with van der Waals surface area (Å²) in [6, 6.07) is 27.7. The van der Waals surface area contributed by atoms with Gasteiger partial charge in [-0.15, -0.1) is 0 Å². The van der Waals surface area contributed by atoms with Crippen LogP contribution in [0.5, 0.6) is 5.75 Å².